The Hall–Kier alpha value is -1.00. The summed E-state index contributed by atoms with van der Waals surface area (Å²) in [4.78, 5) is 8.36. The van der Waals surface area contributed by atoms with Crippen LogP contribution in [0.4, 0.5) is 0 Å². The summed E-state index contributed by atoms with van der Waals surface area (Å²) in [6.07, 6.45) is 8.86. The van der Waals surface area contributed by atoms with Crippen molar-refractivity contribution in [3.8, 4) is 0 Å². The highest BCUT2D eigenvalue weighted by atomic mass is 16.3. The molecular weight excluding hydrogens is 214 g/mol. The normalized spacial score (nSPS) is 26.0. The molecule has 0 spiro atoms. The van der Waals surface area contributed by atoms with Gasteiger partial charge in [0.15, 0.2) is 0 Å². The van der Waals surface area contributed by atoms with E-state index in [1.165, 1.54) is 19.3 Å². The molecule has 4 nitrogen and oxygen atoms in total. The first-order chi connectivity index (χ1) is 8.31. The summed E-state index contributed by atoms with van der Waals surface area (Å²) < 4.78 is 0. The Bertz CT molecular complexity index is 331. The van der Waals surface area contributed by atoms with E-state index >= 15 is 0 Å². The van der Waals surface area contributed by atoms with Crippen molar-refractivity contribution in [3.05, 3.63) is 24.3 Å². The monoisotopic (exact) mass is 235 g/mol. The lowest BCUT2D eigenvalue weighted by Gasteiger charge is -2.20. The van der Waals surface area contributed by atoms with E-state index in [4.69, 9.17) is 0 Å². The van der Waals surface area contributed by atoms with E-state index in [1.807, 2.05) is 0 Å². The van der Waals surface area contributed by atoms with Crippen LogP contribution in [0.1, 0.15) is 37.9 Å². The van der Waals surface area contributed by atoms with Gasteiger partial charge >= 0.3 is 0 Å². The number of nitrogens with one attached hydrogen (secondary N) is 1. The van der Waals surface area contributed by atoms with Gasteiger partial charge in [0.2, 0.25) is 0 Å². The van der Waals surface area contributed by atoms with Crippen molar-refractivity contribution < 1.29 is 5.11 Å². The zero-order chi connectivity index (χ0) is 12.1. The summed E-state index contributed by atoms with van der Waals surface area (Å²) >= 11 is 0. The lowest BCUT2D eigenvalue weighted by atomic mass is 9.96. The number of nitrogens with zero attached hydrogens (tertiary/aromatic N) is 2. The maximum Gasteiger partial charge on any atom is 0.0753 e. The molecule has 1 heterocycles. The third kappa shape index (κ3) is 3.23. The van der Waals surface area contributed by atoms with E-state index < -0.39 is 0 Å². The topological polar surface area (TPSA) is 58.0 Å². The van der Waals surface area contributed by atoms with E-state index in [0.29, 0.717) is 18.4 Å². The van der Waals surface area contributed by atoms with Crippen LogP contribution in [-0.2, 0) is 0 Å². The van der Waals surface area contributed by atoms with Crippen molar-refractivity contribution in [2.24, 2.45) is 11.8 Å². The first kappa shape index (κ1) is 12.5. The summed E-state index contributed by atoms with van der Waals surface area (Å²) in [6, 6.07) is 0.226. The predicted octanol–water partition coefficient (Wildman–Crippen LogP) is 1.54. The van der Waals surface area contributed by atoms with Crippen LogP contribution in [0.25, 0.3) is 0 Å². The van der Waals surface area contributed by atoms with Gasteiger partial charge in [-0.15, -0.1) is 0 Å². The molecule has 1 fully saturated rings. The highest BCUT2D eigenvalue weighted by Gasteiger charge is 2.26. The smallest absolute Gasteiger partial charge is 0.0753 e. The van der Waals surface area contributed by atoms with Crippen LogP contribution in [0.5, 0.6) is 0 Å². The molecule has 1 aliphatic rings. The molecule has 0 amide bonds. The van der Waals surface area contributed by atoms with Crippen molar-refractivity contribution >= 4 is 0 Å². The summed E-state index contributed by atoms with van der Waals surface area (Å²) in [5.41, 5.74) is 0.978. The molecule has 1 aliphatic carbocycles. The molecule has 94 valence electrons. The average Bonchev–Trinajstić information content (AvgIpc) is 2.84. The van der Waals surface area contributed by atoms with Crippen LogP contribution >= 0.6 is 0 Å². The molecule has 1 aromatic heterocycles. The van der Waals surface area contributed by atoms with Gasteiger partial charge in [0.1, 0.15) is 0 Å². The lowest BCUT2D eigenvalue weighted by molar-refractivity contribution is 0.190. The van der Waals surface area contributed by atoms with E-state index in [1.54, 1.807) is 18.6 Å². The number of aromatic nitrogens is 2. The van der Waals surface area contributed by atoms with Crippen molar-refractivity contribution in [1.82, 2.24) is 15.3 Å². The fourth-order valence-corrected chi connectivity index (χ4v) is 2.59. The molecule has 0 radical (unpaired) electrons. The number of rotatable bonds is 5. The summed E-state index contributed by atoms with van der Waals surface area (Å²) in [5, 5.41) is 12.8. The van der Waals surface area contributed by atoms with Gasteiger partial charge in [-0.1, -0.05) is 6.42 Å². The standard InChI is InChI=1S/C13H21N3O/c1-10(13-8-14-5-6-15-13)16-7-11-3-2-4-12(11)9-17/h5-6,8,10-12,16-17H,2-4,7,9H2,1H3. The van der Waals surface area contributed by atoms with Crippen molar-refractivity contribution in [1.29, 1.82) is 0 Å². The van der Waals surface area contributed by atoms with Crippen LogP contribution in [0.3, 0.4) is 0 Å². The first-order valence-corrected chi connectivity index (χ1v) is 6.41. The van der Waals surface area contributed by atoms with Crippen LogP contribution in [0, 0.1) is 11.8 Å². The SMILES string of the molecule is CC(NCC1CCCC1CO)c1cnccn1. The van der Waals surface area contributed by atoms with Crippen molar-refractivity contribution in [3.63, 3.8) is 0 Å². The fraction of sp³-hybridized carbons (Fsp3) is 0.692. The van der Waals surface area contributed by atoms with Gasteiger partial charge in [0, 0.05) is 31.2 Å². The molecule has 1 aromatic rings. The average molecular weight is 235 g/mol. The minimum atomic E-state index is 0.226. The van der Waals surface area contributed by atoms with Gasteiger partial charge in [-0.25, -0.2) is 0 Å². The van der Waals surface area contributed by atoms with Gasteiger partial charge in [-0.05, 0) is 38.1 Å². The maximum absolute atomic E-state index is 9.27. The number of aliphatic hydroxyl groups is 1. The Balaban J connectivity index is 1.82. The zero-order valence-corrected chi connectivity index (χ0v) is 10.3. The Morgan fingerprint density at radius 1 is 1.41 bits per heavy atom. The van der Waals surface area contributed by atoms with E-state index in [9.17, 15) is 5.11 Å². The van der Waals surface area contributed by atoms with Crippen LogP contribution in [0.15, 0.2) is 18.6 Å². The minimum absolute atomic E-state index is 0.226. The highest BCUT2D eigenvalue weighted by Crippen LogP contribution is 2.31. The molecule has 17 heavy (non-hydrogen) atoms. The first-order valence-electron chi connectivity index (χ1n) is 6.41. The zero-order valence-electron chi connectivity index (χ0n) is 10.3. The van der Waals surface area contributed by atoms with Gasteiger partial charge in [-0.2, -0.15) is 0 Å². The number of hydrogen-bond donors (Lipinski definition) is 2. The van der Waals surface area contributed by atoms with E-state index in [0.717, 1.165) is 12.2 Å². The summed E-state index contributed by atoms with van der Waals surface area (Å²) in [7, 11) is 0. The molecular formula is C13H21N3O. The van der Waals surface area contributed by atoms with Crippen LogP contribution in [0.2, 0.25) is 0 Å². The van der Waals surface area contributed by atoms with E-state index in [2.05, 4.69) is 22.2 Å². The molecule has 0 aliphatic heterocycles. The van der Waals surface area contributed by atoms with Crippen molar-refractivity contribution in [2.75, 3.05) is 13.2 Å². The Morgan fingerprint density at radius 2 is 2.24 bits per heavy atom. The molecule has 2 N–H and O–H groups in total. The second-order valence-electron chi connectivity index (χ2n) is 4.89. The predicted molar refractivity (Wildman–Crippen MR) is 66.4 cm³/mol. The fourth-order valence-electron chi connectivity index (χ4n) is 2.59. The van der Waals surface area contributed by atoms with Gasteiger partial charge in [0.05, 0.1) is 5.69 Å². The maximum atomic E-state index is 9.27. The number of hydrogen-bond acceptors (Lipinski definition) is 4. The summed E-state index contributed by atoms with van der Waals surface area (Å²) in [6.45, 7) is 3.39. The largest absolute Gasteiger partial charge is 0.396 e. The molecule has 0 saturated heterocycles. The molecule has 0 bridgehead atoms. The minimum Gasteiger partial charge on any atom is -0.396 e. The van der Waals surface area contributed by atoms with Crippen LogP contribution < -0.4 is 5.32 Å². The summed E-state index contributed by atoms with van der Waals surface area (Å²) in [5.74, 6) is 1.09. The van der Waals surface area contributed by atoms with Crippen molar-refractivity contribution in [2.45, 2.75) is 32.2 Å². The third-order valence-electron chi connectivity index (χ3n) is 3.76. The molecule has 2 rings (SSSR count). The van der Waals surface area contributed by atoms with Gasteiger partial charge in [0.25, 0.3) is 0 Å². The lowest BCUT2D eigenvalue weighted by Crippen LogP contribution is -2.29. The highest BCUT2D eigenvalue weighted by molar-refractivity contribution is 5.00. The van der Waals surface area contributed by atoms with Crippen LogP contribution in [-0.4, -0.2) is 28.2 Å². The Kier molecular flexibility index (Phi) is 4.45. The Morgan fingerprint density at radius 3 is 2.94 bits per heavy atom. The molecule has 0 aromatic carbocycles. The van der Waals surface area contributed by atoms with E-state index in [-0.39, 0.29) is 6.04 Å². The Labute approximate surface area is 102 Å². The third-order valence-corrected chi connectivity index (χ3v) is 3.76. The number of aliphatic hydroxyl groups excluding tert-OH is 1. The van der Waals surface area contributed by atoms with Gasteiger partial charge in [-0.3, -0.25) is 9.97 Å². The second kappa shape index (κ2) is 6.07. The molecule has 3 atom stereocenters. The quantitative estimate of drug-likeness (QED) is 0.812. The van der Waals surface area contributed by atoms with Gasteiger partial charge < -0.3 is 10.4 Å². The molecule has 4 heteroatoms. The molecule has 1 saturated carbocycles. The second-order valence-corrected chi connectivity index (χ2v) is 4.89. The molecule has 3 unspecified atom stereocenters.